The van der Waals surface area contributed by atoms with E-state index >= 15 is 0 Å². The molecule has 0 spiro atoms. The quantitative estimate of drug-likeness (QED) is 0.292. The average Bonchev–Trinajstić information content (AvgIpc) is 3.26. The molecule has 242 valence electrons. The lowest BCUT2D eigenvalue weighted by Crippen LogP contribution is -2.62. The fourth-order valence-electron chi connectivity index (χ4n) is 11.5. The number of fused-ring (bicyclic) bond motifs is 5. The maximum atomic E-state index is 13.5. The summed E-state index contributed by atoms with van der Waals surface area (Å²) >= 11 is 0. The minimum Gasteiger partial charge on any atom is -0.393 e. The van der Waals surface area contributed by atoms with Crippen LogP contribution in [-0.2, 0) is 14.6 Å². The molecule has 0 amide bonds. The van der Waals surface area contributed by atoms with Crippen molar-refractivity contribution >= 4 is 15.6 Å². The van der Waals surface area contributed by atoms with Gasteiger partial charge in [0, 0.05) is 19.3 Å². The number of hydrogen-bond donors (Lipinski definition) is 2. The van der Waals surface area contributed by atoms with Crippen molar-refractivity contribution in [2.75, 3.05) is 5.75 Å². The van der Waals surface area contributed by atoms with E-state index in [1.54, 1.807) is 0 Å². The summed E-state index contributed by atoms with van der Waals surface area (Å²) in [6.07, 6.45) is 8.58. The Hall–Kier alpha value is -0.600. The standard InChI is InChI=1S/C34H56F2O5S/c1-5-25-29-19-22(37)11-15-33(29,4)28-14-16-32(3)26(9-10-27(32)30(28)31(25)39)21(2)7-6-8-23(38)20-42(40,41)24-12-17-34(35,36)18-13-24/h21-22,24-31,37,39H,5-20H2,1-4H3/t21-,22-,25-,26-,27+,28+,29+,30+,31-,32-,33-/m1/s1. The van der Waals surface area contributed by atoms with Gasteiger partial charge in [-0.2, -0.15) is 0 Å². The lowest BCUT2D eigenvalue weighted by molar-refractivity contribution is -0.203. The van der Waals surface area contributed by atoms with Crippen LogP contribution in [0.1, 0.15) is 124 Å². The van der Waals surface area contributed by atoms with Gasteiger partial charge in [-0.3, -0.25) is 4.79 Å². The van der Waals surface area contributed by atoms with Crippen LogP contribution in [0, 0.1) is 52.3 Å². The highest BCUT2D eigenvalue weighted by molar-refractivity contribution is 7.92. The van der Waals surface area contributed by atoms with Crippen molar-refractivity contribution in [1.82, 2.24) is 0 Å². The predicted octanol–water partition coefficient (Wildman–Crippen LogP) is 6.98. The minimum atomic E-state index is -3.69. The van der Waals surface area contributed by atoms with E-state index in [1.165, 1.54) is 6.42 Å². The molecule has 0 aromatic rings. The fraction of sp³-hybridized carbons (Fsp3) is 0.971. The first-order chi connectivity index (χ1) is 19.6. The number of sulfone groups is 1. The van der Waals surface area contributed by atoms with Gasteiger partial charge in [-0.15, -0.1) is 0 Å². The van der Waals surface area contributed by atoms with Crippen molar-refractivity contribution in [1.29, 1.82) is 0 Å². The number of hydrogen-bond acceptors (Lipinski definition) is 5. The van der Waals surface area contributed by atoms with Crippen LogP contribution in [-0.4, -0.2) is 53.5 Å². The number of halogens is 2. The largest absolute Gasteiger partial charge is 0.393 e. The molecule has 5 rings (SSSR count). The third kappa shape index (κ3) is 5.88. The fourth-order valence-corrected chi connectivity index (χ4v) is 13.3. The summed E-state index contributed by atoms with van der Waals surface area (Å²) in [7, 11) is -3.69. The van der Waals surface area contributed by atoms with Gasteiger partial charge in [0.2, 0.25) is 5.92 Å². The Morgan fingerprint density at radius 3 is 2.21 bits per heavy atom. The van der Waals surface area contributed by atoms with E-state index in [0.29, 0.717) is 41.9 Å². The SMILES string of the molecule is CC[C@H]1[C@@H](O)[C@@H]2[C@H](CC[C@]3(C)[C@@H]([C@H](C)CCCC(=O)CS(=O)(=O)C4CCC(F)(F)CC4)CC[C@@H]23)[C@@]2(C)CC[C@@H](O)C[C@@H]12. The average molecular weight is 615 g/mol. The molecule has 5 aliphatic rings. The van der Waals surface area contributed by atoms with Crippen molar-refractivity contribution in [3.8, 4) is 0 Å². The number of aliphatic hydroxyl groups is 2. The van der Waals surface area contributed by atoms with Crippen molar-refractivity contribution in [2.24, 2.45) is 52.3 Å². The minimum absolute atomic E-state index is 0.0572. The van der Waals surface area contributed by atoms with Gasteiger partial charge in [-0.25, -0.2) is 17.2 Å². The Balaban J connectivity index is 1.18. The second-order valence-corrected chi connectivity index (χ2v) is 18.2. The van der Waals surface area contributed by atoms with Gasteiger partial charge < -0.3 is 10.2 Å². The summed E-state index contributed by atoms with van der Waals surface area (Å²) in [5, 5.41) is 21.6. The Bertz CT molecular complexity index is 1090. The van der Waals surface area contributed by atoms with Gasteiger partial charge in [0.1, 0.15) is 11.5 Å². The molecule has 0 unspecified atom stereocenters. The van der Waals surface area contributed by atoms with Crippen LogP contribution in [0.15, 0.2) is 0 Å². The smallest absolute Gasteiger partial charge is 0.248 e. The summed E-state index contributed by atoms with van der Waals surface area (Å²) in [6, 6.07) is 0. The zero-order valence-electron chi connectivity index (χ0n) is 26.4. The van der Waals surface area contributed by atoms with Crippen LogP contribution < -0.4 is 0 Å². The van der Waals surface area contributed by atoms with E-state index in [9.17, 15) is 32.2 Å². The first-order valence-corrected chi connectivity index (χ1v) is 18.8. The summed E-state index contributed by atoms with van der Waals surface area (Å²) < 4.78 is 52.4. The molecule has 0 aliphatic heterocycles. The van der Waals surface area contributed by atoms with Gasteiger partial charge in [0.25, 0.3) is 0 Å². The maximum Gasteiger partial charge on any atom is 0.248 e. The van der Waals surface area contributed by atoms with Crippen LogP contribution >= 0.6 is 0 Å². The van der Waals surface area contributed by atoms with Crippen LogP contribution in [0.4, 0.5) is 8.78 Å². The van der Waals surface area contributed by atoms with Crippen molar-refractivity contribution in [2.45, 2.75) is 147 Å². The molecule has 5 saturated carbocycles. The molecule has 0 aromatic carbocycles. The van der Waals surface area contributed by atoms with Crippen molar-refractivity contribution < 1.29 is 32.2 Å². The Morgan fingerprint density at radius 1 is 0.905 bits per heavy atom. The number of carbonyl (C=O) groups excluding carboxylic acids is 1. The maximum absolute atomic E-state index is 13.5. The molecule has 42 heavy (non-hydrogen) atoms. The second kappa shape index (κ2) is 12.0. The molecule has 5 aliphatic carbocycles. The first kappa shape index (κ1) is 32.8. The Kier molecular flexibility index (Phi) is 9.34. The summed E-state index contributed by atoms with van der Waals surface area (Å²) in [5.74, 6) is -0.691. The number of carbonyl (C=O) groups is 1. The predicted molar refractivity (Wildman–Crippen MR) is 161 cm³/mol. The molecule has 5 nitrogen and oxygen atoms in total. The van der Waals surface area contributed by atoms with Crippen molar-refractivity contribution in [3.63, 3.8) is 0 Å². The highest BCUT2D eigenvalue weighted by Crippen LogP contribution is 2.69. The number of rotatable bonds is 9. The highest BCUT2D eigenvalue weighted by Gasteiger charge is 2.64. The summed E-state index contributed by atoms with van der Waals surface area (Å²) in [6.45, 7) is 9.42. The number of aliphatic hydroxyl groups excluding tert-OH is 2. The van der Waals surface area contributed by atoms with E-state index in [-0.39, 0.29) is 54.0 Å². The molecule has 0 radical (unpaired) electrons. The molecule has 0 heterocycles. The molecule has 8 heteroatoms. The van der Waals surface area contributed by atoms with E-state index in [1.807, 2.05) is 0 Å². The first-order valence-electron chi connectivity index (χ1n) is 17.1. The van der Waals surface area contributed by atoms with Gasteiger partial charge in [-0.1, -0.05) is 40.5 Å². The Morgan fingerprint density at radius 2 is 1.55 bits per heavy atom. The number of alkyl halides is 2. The molecule has 2 N–H and O–H groups in total. The van der Waals surface area contributed by atoms with Gasteiger partial charge in [-0.05, 0) is 116 Å². The van der Waals surface area contributed by atoms with Crippen LogP contribution in [0.3, 0.4) is 0 Å². The van der Waals surface area contributed by atoms with Crippen LogP contribution in [0.25, 0.3) is 0 Å². The van der Waals surface area contributed by atoms with E-state index < -0.39 is 39.6 Å². The second-order valence-electron chi connectivity index (χ2n) is 15.9. The summed E-state index contributed by atoms with van der Waals surface area (Å²) in [5.41, 5.74) is 0.349. The Labute approximate surface area is 252 Å². The van der Waals surface area contributed by atoms with E-state index in [2.05, 4.69) is 27.7 Å². The van der Waals surface area contributed by atoms with Gasteiger partial charge in [0.05, 0.1) is 17.5 Å². The molecular weight excluding hydrogens is 558 g/mol. The lowest BCUT2D eigenvalue weighted by Gasteiger charge is -2.64. The normalized spacial score (nSPS) is 44.6. The third-order valence-corrected chi connectivity index (χ3v) is 16.0. The van der Waals surface area contributed by atoms with E-state index in [4.69, 9.17) is 0 Å². The zero-order chi connectivity index (χ0) is 30.7. The van der Waals surface area contributed by atoms with Crippen LogP contribution in [0.5, 0.6) is 0 Å². The molecule has 11 atom stereocenters. The summed E-state index contributed by atoms with van der Waals surface area (Å²) in [4.78, 5) is 12.7. The van der Waals surface area contributed by atoms with Crippen LogP contribution in [0.2, 0.25) is 0 Å². The third-order valence-electron chi connectivity index (χ3n) is 13.8. The zero-order valence-corrected chi connectivity index (χ0v) is 27.2. The number of ketones is 1. The molecule has 5 fully saturated rings. The topological polar surface area (TPSA) is 91.7 Å². The molecule has 0 saturated heterocycles. The molecule has 0 bridgehead atoms. The monoisotopic (exact) mass is 614 g/mol. The molecule has 0 aromatic heterocycles. The lowest BCUT2D eigenvalue weighted by atomic mass is 9.41. The van der Waals surface area contributed by atoms with Crippen molar-refractivity contribution in [3.05, 3.63) is 0 Å². The number of Topliss-reactive ketones (excluding diaryl/α,β-unsaturated/α-hetero) is 1. The molecular formula is C34H56F2O5S. The van der Waals surface area contributed by atoms with Gasteiger partial charge >= 0.3 is 0 Å². The van der Waals surface area contributed by atoms with E-state index in [0.717, 1.165) is 51.4 Å². The van der Waals surface area contributed by atoms with Gasteiger partial charge in [0.15, 0.2) is 9.84 Å². The highest BCUT2D eigenvalue weighted by atomic mass is 32.2.